The van der Waals surface area contributed by atoms with Crippen molar-refractivity contribution in [1.82, 2.24) is 19.8 Å². The van der Waals surface area contributed by atoms with Crippen molar-refractivity contribution in [2.24, 2.45) is 0 Å². The topological polar surface area (TPSA) is 93.1 Å². The van der Waals surface area contributed by atoms with Crippen LogP contribution in [-0.2, 0) is 10.0 Å². The molecule has 2 N–H and O–H groups in total. The molecule has 1 atom stereocenters. The first-order chi connectivity index (χ1) is 14.6. The molecule has 0 aliphatic rings. The van der Waals surface area contributed by atoms with Crippen molar-refractivity contribution < 1.29 is 22.0 Å². The van der Waals surface area contributed by atoms with Gasteiger partial charge < -0.3 is 5.32 Å². The van der Waals surface area contributed by atoms with Gasteiger partial charge in [0.2, 0.25) is 10.0 Å². The van der Waals surface area contributed by atoms with E-state index >= 15 is 0 Å². The average molecular weight is 448 g/mol. The number of hydrogen-bond donors (Lipinski definition) is 2. The lowest BCUT2D eigenvalue weighted by molar-refractivity contribution is 0.0935. The molecule has 1 heterocycles. The molecule has 2 aromatic carbocycles. The predicted molar refractivity (Wildman–Crippen MR) is 111 cm³/mol. The van der Waals surface area contributed by atoms with Crippen LogP contribution in [0.1, 0.15) is 41.5 Å². The fraction of sp³-hybridized carbons (Fsp3) is 0.238. The van der Waals surface area contributed by atoms with E-state index < -0.39 is 27.8 Å². The predicted octanol–water partition coefficient (Wildman–Crippen LogP) is 3.25. The van der Waals surface area contributed by atoms with Gasteiger partial charge in [0.25, 0.3) is 5.91 Å². The van der Waals surface area contributed by atoms with E-state index in [1.807, 2.05) is 0 Å². The Labute approximate surface area is 179 Å². The highest BCUT2D eigenvalue weighted by molar-refractivity contribution is 7.89. The summed E-state index contributed by atoms with van der Waals surface area (Å²) in [7, 11) is -3.84. The molecule has 1 unspecified atom stereocenters. The molecule has 1 aromatic heterocycles. The highest BCUT2D eigenvalue weighted by atomic mass is 32.2. The molecule has 0 saturated carbocycles. The van der Waals surface area contributed by atoms with Gasteiger partial charge in [-0.25, -0.2) is 26.6 Å². The number of aromatic nitrogens is 2. The zero-order valence-corrected chi connectivity index (χ0v) is 18.0. The molecule has 31 heavy (non-hydrogen) atoms. The molecule has 3 aromatic rings. The summed E-state index contributed by atoms with van der Waals surface area (Å²) in [5.74, 6) is -1.96. The fourth-order valence-electron chi connectivity index (χ4n) is 3.16. The quantitative estimate of drug-likeness (QED) is 0.580. The Morgan fingerprint density at radius 2 is 1.84 bits per heavy atom. The standard InChI is InChI=1S/C21H22F2N4O3S/c1-4-25-31(29,30)17-9-10-20(23)18(11-17)21(28)26-13(2)19-12-24-27(14(19)3)16-7-5-15(22)6-8-16/h5-13,25H,4H2,1-3H3,(H,26,28). The van der Waals surface area contributed by atoms with Gasteiger partial charge in [-0.1, -0.05) is 6.92 Å². The van der Waals surface area contributed by atoms with E-state index in [0.717, 1.165) is 18.2 Å². The number of hydrogen-bond acceptors (Lipinski definition) is 4. The summed E-state index contributed by atoms with van der Waals surface area (Å²) in [5, 5.41) is 6.95. The molecule has 164 valence electrons. The summed E-state index contributed by atoms with van der Waals surface area (Å²) < 4.78 is 55.7. The summed E-state index contributed by atoms with van der Waals surface area (Å²) >= 11 is 0. The fourth-order valence-corrected chi connectivity index (χ4v) is 4.23. The minimum atomic E-state index is -3.84. The zero-order valence-electron chi connectivity index (χ0n) is 17.2. The number of nitrogens with one attached hydrogen (secondary N) is 2. The van der Waals surface area contributed by atoms with Gasteiger partial charge in [-0.3, -0.25) is 4.79 Å². The van der Waals surface area contributed by atoms with Gasteiger partial charge in [-0.05, 0) is 56.3 Å². The largest absolute Gasteiger partial charge is 0.345 e. The Balaban J connectivity index is 1.84. The second-order valence-electron chi connectivity index (χ2n) is 6.91. The summed E-state index contributed by atoms with van der Waals surface area (Å²) in [6.07, 6.45) is 1.56. The highest BCUT2D eigenvalue weighted by Gasteiger charge is 2.22. The summed E-state index contributed by atoms with van der Waals surface area (Å²) in [6, 6.07) is 8.30. The van der Waals surface area contributed by atoms with E-state index in [0.29, 0.717) is 16.9 Å². The molecule has 0 aliphatic heterocycles. The third kappa shape index (κ3) is 4.80. The highest BCUT2D eigenvalue weighted by Crippen LogP contribution is 2.22. The Bertz CT molecular complexity index is 1210. The van der Waals surface area contributed by atoms with Crippen LogP contribution in [0, 0.1) is 18.6 Å². The van der Waals surface area contributed by atoms with Crippen molar-refractivity contribution in [3.05, 3.63) is 77.1 Å². The molecular formula is C21H22F2N4O3S. The molecule has 0 spiro atoms. The molecule has 0 aliphatic carbocycles. The molecule has 3 rings (SSSR count). The molecule has 0 fully saturated rings. The Morgan fingerprint density at radius 1 is 1.16 bits per heavy atom. The van der Waals surface area contributed by atoms with Gasteiger partial charge in [0.05, 0.1) is 28.4 Å². The Kier molecular flexibility index (Phi) is 6.51. The number of benzene rings is 2. The van der Waals surface area contributed by atoms with E-state index in [2.05, 4.69) is 15.1 Å². The van der Waals surface area contributed by atoms with E-state index in [9.17, 15) is 22.0 Å². The maximum absolute atomic E-state index is 14.3. The number of sulfonamides is 1. The van der Waals surface area contributed by atoms with Crippen LogP contribution in [0.4, 0.5) is 8.78 Å². The van der Waals surface area contributed by atoms with E-state index in [4.69, 9.17) is 0 Å². The zero-order chi connectivity index (χ0) is 22.8. The number of rotatable bonds is 7. The van der Waals surface area contributed by atoms with Gasteiger partial charge in [0, 0.05) is 17.8 Å². The van der Waals surface area contributed by atoms with Gasteiger partial charge in [0.15, 0.2) is 0 Å². The molecule has 7 nitrogen and oxygen atoms in total. The summed E-state index contributed by atoms with van der Waals surface area (Å²) in [4.78, 5) is 12.5. The normalized spacial score (nSPS) is 12.5. The first-order valence-electron chi connectivity index (χ1n) is 9.54. The first kappa shape index (κ1) is 22.6. The van der Waals surface area contributed by atoms with Crippen molar-refractivity contribution in [2.75, 3.05) is 6.54 Å². The van der Waals surface area contributed by atoms with Crippen molar-refractivity contribution in [1.29, 1.82) is 0 Å². The molecule has 10 heteroatoms. The summed E-state index contributed by atoms with van der Waals surface area (Å²) in [6.45, 7) is 5.27. The van der Waals surface area contributed by atoms with Gasteiger partial charge in [-0.2, -0.15) is 5.10 Å². The first-order valence-corrected chi connectivity index (χ1v) is 11.0. The minimum Gasteiger partial charge on any atom is -0.345 e. The molecule has 0 radical (unpaired) electrons. The van der Waals surface area contributed by atoms with Crippen LogP contribution < -0.4 is 10.0 Å². The number of carbonyl (C=O) groups excluding carboxylic acids is 1. The summed E-state index contributed by atoms with van der Waals surface area (Å²) in [5.41, 5.74) is 1.66. The molecular weight excluding hydrogens is 426 g/mol. The number of nitrogens with zero attached hydrogens (tertiary/aromatic N) is 2. The number of halogens is 2. The maximum atomic E-state index is 14.3. The van der Waals surface area contributed by atoms with E-state index in [-0.39, 0.29) is 22.8 Å². The van der Waals surface area contributed by atoms with Crippen LogP contribution >= 0.6 is 0 Å². The van der Waals surface area contributed by atoms with Crippen LogP contribution in [0.2, 0.25) is 0 Å². The third-order valence-electron chi connectivity index (χ3n) is 4.76. The average Bonchev–Trinajstić information content (AvgIpc) is 3.10. The van der Waals surface area contributed by atoms with Crippen LogP contribution in [0.25, 0.3) is 5.69 Å². The van der Waals surface area contributed by atoms with Crippen molar-refractivity contribution >= 4 is 15.9 Å². The van der Waals surface area contributed by atoms with Crippen LogP contribution in [0.5, 0.6) is 0 Å². The van der Waals surface area contributed by atoms with Crippen molar-refractivity contribution in [3.63, 3.8) is 0 Å². The molecule has 0 saturated heterocycles. The van der Waals surface area contributed by atoms with Gasteiger partial charge in [-0.15, -0.1) is 0 Å². The lowest BCUT2D eigenvalue weighted by atomic mass is 10.1. The Morgan fingerprint density at radius 3 is 2.48 bits per heavy atom. The second kappa shape index (κ2) is 8.94. The van der Waals surface area contributed by atoms with Gasteiger partial charge in [0.1, 0.15) is 11.6 Å². The van der Waals surface area contributed by atoms with Gasteiger partial charge >= 0.3 is 0 Å². The third-order valence-corrected chi connectivity index (χ3v) is 6.30. The second-order valence-corrected chi connectivity index (χ2v) is 8.68. The van der Waals surface area contributed by atoms with Crippen molar-refractivity contribution in [2.45, 2.75) is 31.7 Å². The van der Waals surface area contributed by atoms with Crippen LogP contribution in [-0.4, -0.2) is 30.7 Å². The SMILES string of the molecule is CCNS(=O)(=O)c1ccc(F)c(C(=O)NC(C)c2cnn(-c3ccc(F)cc3)c2C)c1. The maximum Gasteiger partial charge on any atom is 0.254 e. The number of carbonyl (C=O) groups is 1. The van der Waals surface area contributed by atoms with Crippen LogP contribution in [0.15, 0.2) is 53.6 Å². The minimum absolute atomic E-state index is 0.162. The lowest BCUT2D eigenvalue weighted by Gasteiger charge is -2.15. The van der Waals surface area contributed by atoms with E-state index in [1.165, 1.54) is 12.1 Å². The molecule has 1 amide bonds. The molecule has 0 bridgehead atoms. The van der Waals surface area contributed by atoms with Crippen LogP contribution in [0.3, 0.4) is 0 Å². The van der Waals surface area contributed by atoms with E-state index in [1.54, 1.807) is 43.8 Å². The lowest BCUT2D eigenvalue weighted by Crippen LogP contribution is -2.28. The smallest absolute Gasteiger partial charge is 0.254 e. The number of amides is 1. The van der Waals surface area contributed by atoms with Crippen molar-refractivity contribution in [3.8, 4) is 5.69 Å². The Hall–Kier alpha value is -3.11. The monoisotopic (exact) mass is 448 g/mol.